The van der Waals surface area contributed by atoms with Crippen molar-refractivity contribution in [2.75, 3.05) is 26.2 Å². The number of hydrogen-bond acceptors (Lipinski definition) is 7. The van der Waals surface area contributed by atoms with Crippen LogP contribution in [0, 0.1) is 6.92 Å². The minimum Gasteiger partial charge on any atom is -0.442 e. The Kier molecular flexibility index (Phi) is 4.41. The van der Waals surface area contributed by atoms with Crippen LogP contribution in [0.5, 0.6) is 0 Å². The predicted molar refractivity (Wildman–Crippen MR) is 110 cm³/mol. The minimum atomic E-state index is -3.76. The molecular weight excluding hydrogens is 424 g/mol. The summed E-state index contributed by atoms with van der Waals surface area (Å²) in [6.07, 6.45) is 4.23. The molecular formula is C19H18N6O5S. The average Bonchev–Trinajstić information content (AvgIpc) is 3.35. The quantitative estimate of drug-likeness (QED) is 0.478. The molecule has 1 saturated heterocycles. The molecule has 5 rings (SSSR count). The molecule has 0 saturated carbocycles. The van der Waals surface area contributed by atoms with Gasteiger partial charge in [-0.05, 0) is 19.1 Å². The fourth-order valence-corrected chi connectivity index (χ4v) is 5.46. The van der Waals surface area contributed by atoms with E-state index >= 15 is 0 Å². The Bertz CT molecular complexity index is 1480. The highest BCUT2D eigenvalue weighted by molar-refractivity contribution is 7.89. The Labute approximate surface area is 175 Å². The maximum absolute atomic E-state index is 13.1. The van der Waals surface area contributed by atoms with Gasteiger partial charge in [-0.1, -0.05) is 0 Å². The van der Waals surface area contributed by atoms with E-state index in [-0.39, 0.29) is 53.6 Å². The zero-order valence-electron chi connectivity index (χ0n) is 16.5. The van der Waals surface area contributed by atoms with E-state index in [1.165, 1.54) is 21.7 Å². The molecule has 0 radical (unpaired) electrons. The first kappa shape index (κ1) is 19.5. The molecule has 0 atom stereocenters. The number of nitrogens with zero attached hydrogens (tertiary/aromatic N) is 4. The summed E-state index contributed by atoms with van der Waals surface area (Å²) in [6, 6.07) is 3.38. The lowest BCUT2D eigenvalue weighted by molar-refractivity contribution is 0.0698. The first-order chi connectivity index (χ1) is 14.9. The fraction of sp³-hybridized carbons (Fsp3) is 0.263. The van der Waals surface area contributed by atoms with E-state index in [4.69, 9.17) is 4.42 Å². The van der Waals surface area contributed by atoms with Crippen molar-refractivity contribution in [3.63, 3.8) is 0 Å². The molecule has 160 valence electrons. The number of furan rings is 1. The van der Waals surface area contributed by atoms with Crippen molar-refractivity contribution < 1.29 is 17.6 Å². The van der Waals surface area contributed by atoms with Gasteiger partial charge in [0.1, 0.15) is 21.7 Å². The normalized spacial score (nSPS) is 15.7. The monoisotopic (exact) mass is 442 g/mol. The van der Waals surface area contributed by atoms with Crippen LogP contribution in [0.25, 0.3) is 22.1 Å². The Morgan fingerprint density at radius 3 is 2.71 bits per heavy atom. The Balaban J connectivity index is 1.39. The van der Waals surface area contributed by atoms with Crippen LogP contribution in [-0.2, 0) is 10.0 Å². The van der Waals surface area contributed by atoms with Gasteiger partial charge in [0.15, 0.2) is 0 Å². The van der Waals surface area contributed by atoms with Gasteiger partial charge in [0, 0.05) is 44.0 Å². The molecule has 1 fully saturated rings. The number of aryl methyl sites for hydroxylation is 1. The highest BCUT2D eigenvalue weighted by Gasteiger charge is 2.34. The number of pyridine rings is 1. The van der Waals surface area contributed by atoms with Crippen LogP contribution in [0.4, 0.5) is 0 Å². The number of hydrogen-bond donors (Lipinski definition) is 2. The second kappa shape index (κ2) is 7.03. The maximum Gasteiger partial charge on any atom is 0.262 e. The van der Waals surface area contributed by atoms with Crippen molar-refractivity contribution in [1.82, 2.24) is 29.1 Å². The largest absolute Gasteiger partial charge is 0.442 e. The van der Waals surface area contributed by atoms with Gasteiger partial charge >= 0.3 is 0 Å². The molecule has 0 spiro atoms. The number of piperazine rings is 1. The molecule has 0 bridgehead atoms. The predicted octanol–water partition coefficient (Wildman–Crippen LogP) is 0.848. The molecule has 0 aromatic carbocycles. The van der Waals surface area contributed by atoms with Gasteiger partial charge in [-0.3, -0.25) is 9.59 Å². The van der Waals surface area contributed by atoms with Gasteiger partial charge in [0.2, 0.25) is 15.7 Å². The number of rotatable bonds is 3. The molecule has 1 amide bonds. The molecule has 1 aliphatic heterocycles. The van der Waals surface area contributed by atoms with Crippen molar-refractivity contribution >= 4 is 38.1 Å². The smallest absolute Gasteiger partial charge is 0.262 e. The zero-order chi connectivity index (χ0) is 21.8. The summed E-state index contributed by atoms with van der Waals surface area (Å²) in [6.45, 7) is 2.22. The number of carbonyl (C=O) groups excluding carboxylic acids is 1. The third-order valence-electron chi connectivity index (χ3n) is 5.44. The highest BCUT2D eigenvalue weighted by atomic mass is 32.2. The van der Waals surface area contributed by atoms with Crippen LogP contribution in [0.15, 0.2) is 45.0 Å². The van der Waals surface area contributed by atoms with Crippen LogP contribution in [-0.4, -0.2) is 69.6 Å². The summed E-state index contributed by atoms with van der Waals surface area (Å²) in [4.78, 5) is 40.4. The molecule has 0 aliphatic carbocycles. The van der Waals surface area contributed by atoms with Crippen molar-refractivity contribution in [3.05, 3.63) is 52.5 Å². The van der Waals surface area contributed by atoms with Gasteiger partial charge in [0.25, 0.3) is 11.5 Å². The third kappa shape index (κ3) is 3.02. The summed E-state index contributed by atoms with van der Waals surface area (Å²) >= 11 is 0. The first-order valence-corrected chi connectivity index (χ1v) is 11.0. The number of sulfonamides is 1. The van der Waals surface area contributed by atoms with Gasteiger partial charge < -0.3 is 19.3 Å². The fourth-order valence-electron chi connectivity index (χ4n) is 3.88. The standard InChI is InChI=1S/C19H18N6O5S/c1-11-14(15-17(26)22-10-23-18(15)30-11)19(27)24-5-7-25(8-6-24)31(28,29)13-9-21-16-12(13)3-2-4-20-16/h2-4,9-10H,5-8H2,1H3,(H,20,21)(H,22,23,26). The van der Waals surface area contributed by atoms with Gasteiger partial charge in [-0.15, -0.1) is 0 Å². The van der Waals surface area contributed by atoms with Crippen LogP contribution in [0.1, 0.15) is 16.1 Å². The summed E-state index contributed by atoms with van der Waals surface area (Å²) < 4.78 is 33.1. The SMILES string of the molecule is Cc1oc2nc[nH]c(=O)c2c1C(=O)N1CCN(S(=O)(=O)c2c[nH]c3ncccc23)CC1. The van der Waals surface area contributed by atoms with E-state index in [2.05, 4.69) is 19.9 Å². The molecule has 5 heterocycles. The third-order valence-corrected chi connectivity index (χ3v) is 7.38. The maximum atomic E-state index is 13.1. The number of nitrogens with one attached hydrogen (secondary N) is 2. The zero-order valence-corrected chi connectivity index (χ0v) is 17.3. The Morgan fingerprint density at radius 1 is 1.16 bits per heavy atom. The molecule has 4 aromatic heterocycles. The van der Waals surface area contributed by atoms with E-state index < -0.39 is 15.6 Å². The van der Waals surface area contributed by atoms with Crippen LogP contribution >= 0.6 is 0 Å². The van der Waals surface area contributed by atoms with Crippen LogP contribution in [0.2, 0.25) is 0 Å². The van der Waals surface area contributed by atoms with Gasteiger partial charge in [-0.25, -0.2) is 18.4 Å². The topological polar surface area (TPSA) is 145 Å². The molecule has 12 heteroatoms. The molecule has 2 N–H and O–H groups in total. The minimum absolute atomic E-state index is 0.0961. The lowest BCUT2D eigenvalue weighted by Crippen LogP contribution is -2.50. The Morgan fingerprint density at radius 2 is 1.94 bits per heavy atom. The number of aromatic nitrogens is 4. The van der Waals surface area contributed by atoms with E-state index in [0.717, 1.165) is 0 Å². The molecule has 11 nitrogen and oxygen atoms in total. The van der Waals surface area contributed by atoms with Crippen molar-refractivity contribution in [2.24, 2.45) is 0 Å². The van der Waals surface area contributed by atoms with E-state index in [1.807, 2.05) is 0 Å². The van der Waals surface area contributed by atoms with Crippen molar-refractivity contribution in [2.45, 2.75) is 11.8 Å². The van der Waals surface area contributed by atoms with Crippen LogP contribution in [0.3, 0.4) is 0 Å². The lowest BCUT2D eigenvalue weighted by Gasteiger charge is -2.33. The molecule has 0 unspecified atom stereocenters. The van der Waals surface area contributed by atoms with E-state index in [9.17, 15) is 18.0 Å². The molecule has 1 aliphatic rings. The molecule has 31 heavy (non-hydrogen) atoms. The van der Waals surface area contributed by atoms with Crippen molar-refractivity contribution in [1.29, 1.82) is 0 Å². The van der Waals surface area contributed by atoms with Crippen LogP contribution < -0.4 is 5.56 Å². The molecule has 4 aromatic rings. The first-order valence-electron chi connectivity index (χ1n) is 9.56. The lowest BCUT2D eigenvalue weighted by atomic mass is 10.1. The number of carbonyl (C=O) groups is 1. The second-order valence-corrected chi connectivity index (χ2v) is 9.10. The number of aromatic amines is 2. The number of amides is 1. The van der Waals surface area contributed by atoms with Gasteiger partial charge in [-0.2, -0.15) is 4.31 Å². The van der Waals surface area contributed by atoms with Gasteiger partial charge in [0.05, 0.1) is 11.9 Å². The van der Waals surface area contributed by atoms with E-state index in [1.54, 1.807) is 25.3 Å². The summed E-state index contributed by atoms with van der Waals surface area (Å²) in [7, 11) is -3.76. The second-order valence-electron chi connectivity index (χ2n) is 7.19. The van der Waals surface area contributed by atoms with E-state index in [0.29, 0.717) is 16.8 Å². The highest BCUT2D eigenvalue weighted by Crippen LogP contribution is 2.26. The summed E-state index contributed by atoms with van der Waals surface area (Å²) in [5.74, 6) is -0.0892. The number of H-pyrrole nitrogens is 2. The number of fused-ring (bicyclic) bond motifs is 2. The van der Waals surface area contributed by atoms with Crippen molar-refractivity contribution in [3.8, 4) is 0 Å². The summed E-state index contributed by atoms with van der Waals surface area (Å²) in [5.41, 5.74) is 0.289. The summed E-state index contributed by atoms with van der Waals surface area (Å²) in [5, 5.41) is 0.625. The Hall–Kier alpha value is -3.51. The average molecular weight is 442 g/mol.